The van der Waals surface area contributed by atoms with Crippen LogP contribution >= 0.6 is 11.6 Å². The third-order valence-corrected chi connectivity index (χ3v) is 3.32. The van der Waals surface area contributed by atoms with Crippen LogP contribution in [0.1, 0.15) is 41.6 Å². The third kappa shape index (κ3) is 3.31. The zero-order chi connectivity index (χ0) is 15.6. The van der Waals surface area contributed by atoms with E-state index >= 15 is 0 Å². The van der Waals surface area contributed by atoms with E-state index in [2.05, 4.69) is 15.3 Å². The zero-order valence-corrected chi connectivity index (χ0v) is 12.8. The molecule has 0 atom stereocenters. The maximum Gasteiger partial charge on any atom is 0.356 e. The number of hydrogen-bond acceptors (Lipinski definition) is 4. The molecule has 2 aromatic rings. The van der Waals surface area contributed by atoms with Crippen molar-refractivity contribution in [2.45, 2.75) is 26.7 Å². The normalized spacial score (nSPS) is 10.7. The highest BCUT2D eigenvalue weighted by atomic mass is 35.5. The molecule has 0 aliphatic carbocycles. The number of hydrogen-bond donors (Lipinski definition) is 2. The van der Waals surface area contributed by atoms with Crippen LogP contribution in [0.15, 0.2) is 24.4 Å². The largest absolute Gasteiger partial charge is 0.476 e. The number of aromatic nitrogens is 2. The zero-order valence-electron chi connectivity index (χ0n) is 12.0. The Balaban J connectivity index is 2.47. The van der Waals surface area contributed by atoms with Crippen LogP contribution in [0.2, 0.25) is 5.02 Å². The van der Waals surface area contributed by atoms with Gasteiger partial charge in [-0.15, -0.1) is 0 Å². The molecule has 0 radical (unpaired) electrons. The summed E-state index contributed by atoms with van der Waals surface area (Å²) < 4.78 is 0. The molecule has 0 spiro atoms. The summed E-state index contributed by atoms with van der Waals surface area (Å²) in [5.74, 6) is -0.556. The minimum atomic E-state index is -1.11. The molecule has 0 saturated heterocycles. The molecule has 0 bridgehead atoms. The standard InChI is InChI=1S/C15H16ClN3O2/c1-8(2)14-17-7-11(13(19-14)15(20)21)18-12-9(3)5-4-6-10(12)16/h4-8,18H,1-3H3,(H,20,21). The molecule has 0 aliphatic heterocycles. The van der Waals surface area contributed by atoms with Crippen molar-refractivity contribution in [3.8, 4) is 0 Å². The average molecular weight is 306 g/mol. The van der Waals surface area contributed by atoms with Crippen LogP contribution in [0.25, 0.3) is 0 Å². The molecule has 0 fully saturated rings. The number of nitrogens with one attached hydrogen (secondary N) is 1. The van der Waals surface area contributed by atoms with Crippen LogP contribution < -0.4 is 5.32 Å². The van der Waals surface area contributed by atoms with Gasteiger partial charge in [-0.3, -0.25) is 0 Å². The summed E-state index contributed by atoms with van der Waals surface area (Å²) in [4.78, 5) is 19.7. The first-order valence-electron chi connectivity index (χ1n) is 6.52. The molecule has 5 nitrogen and oxygen atoms in total. The number of anilines is 2. The number of nitrogens with zero attached hydrogens (tertiary/aromatic N) is 2. The third-order valence-electron chi connectivity index (χ3n) is 3.01. The highest BCUT2D eigenvalue weighted by molar-refractivity contribution is 6.33. The molecule has 0 amide bonds. The number of benzene rings is 1. The number of halogens is 1. The van der Waals surface area contributed by atoms with Gasteiger partial charge in [0.05, 0.1) is 22.6 Å². The van der Waals surface area contributed by atoms with Crippen LogP contribution in [0.4, 0.5) is 11.4 Å². The first kappa shape index (κ1) is 15.3. The van der Waals surface area contributed by atoms with Crippen LogP contribution in [-0.2, 0) is 0 Å². The quantitative estimate of drug-likeness (QED) is 0.893. The monoisotopic (exact) mass is 305 g/mol. The molecule has 21 heavy (non-hydrogen) atoms. The average Bonchev–Trinajstić information content (AvgIpc) is 2.42. The van der Waals surface area contributed by atoms with Crippen LogP contribution in [0.3, 0.4) is 0 Å². The van der Waals surface area contributed by atoms with E-state index in [1.807, 2.05) is 32.9 Å². The highest BCUT2D eigenvalue weighted by Crippen LogP contribution is 2.29. The lowest BCUT2D eigenvalue weighted by Crippen LogP contribution is -2.10. The number of rotatable bonds is 4. The van der Waals surface area contributed by atoms with Crippen LogP contribution in [0.5, 0.6) is 0 Å². The lowest BCUT2D eigenvalue weighted by atomic mass is 10.1. The minimum absolute atomic E-state index is 0.0548. The van der Waals surface area contributed by atoms with E-state index in [0.717, 1.165) is 5.56 Å². The second kappa shape index (κ2) is 6.10. The lowest BCUT2D eigenvalue weighted by molar-refractivity contribution is 0.0691. The number of carbonyl (C=O) groups is 1. The minimum Gasteiger partial charge on any atom is -0.476 e. The van der Waals surface area contributed by atoms with Crippen molar-refractivity contribution in [2.24, 2.45) is 0 Å². The number of carboxylic acid groups (broad SMARTS) is 1. The Kier molecular flexibility index (Phi) is 4.43. The topological polar surface area (TPSA) is 75.1 Å². The fraction of sp³-hybridized carbons (Fsp3) is 0.267. The van der Waals surface area contributed by atoms with Gasteiger partial charge in [0, 0.05) is 5.92 Å². The summed E-state index contributed by atoms with van der Waals surface area (Å²) in [5.41, 5.74) is 1.82. The van der Waals surface area contributed by atoms with Gasteiger partial charge < -0.3 is 10.4 Å². The first-order valence-corrected chi connectivity index (χ1v) is 6.90. The molecule has 6 heteroatoms. The van der Waals surface area contributed by atoms with E-state index in [1.54, 1.807) is 6.07 Å². The molecular formula is C15H16ClN3O2. The van der Waals surface area contributed by atoms with Crippen molar-refractivity contribution in [1.29, 1.82) is 0 Å². The smallest absolute Gasteiger partial charge is 0.356 e. The Morgan fingerprint density at radius 3 is 2.67 bits per heavy atom. The second-order valence-corrected chi connectivity index (χ2v) is 5.41. The van der Waals surface area contributed by atoms with Crippen molar-refractivity contribution in [2.75, 3.05) is 5.32 Å². The molecule has 1 aromatic carbocycles. The van der Waals surface area contributed by atoms with Gasteiger partial charge in [0.2, 0.25) is 0 Å². The summed E-state index contributed by atoms with van der Waals surface area (Å²) >= 11 is 6.14. The van der Waals surface area contributed by atoms with Gasteiger partial charge in [-0.05, 0) is 18.6 Å². The Labute approximate surface area is 128 Å². The summed E-state index contributed by atoms with van der Waals surface area (Å²) in [6, 6.07) is 5.46. The van der Waals surface area contributed by atoms with Crippen LogP contribution in [0, 0.1) is 6.92 Å². The molecule has 0 aliphatic rings. The van der Waals surface area contributed by atoms with Gasteiger partial charge >= 0.3 is 5.97 Å². The van der Waals surface area contributed by atoms with Crippen LogP contribution in [-0.4, -0.2) is 21.0 Å². The van der Waals surface area contributed by atoms with Crippen molar-refractivity contribution in [3.63, 3.8) is 0 Å². The van der Waals surface area contributed by atoms with E-state index in [9.17, 15) is 9.90 Å². The maximum absolute atomic E-state index is 11.4. The number of aromatic carboxylic acids is 1. The van der Waals surface area contributed by atoms with Crippen molar-refractivity contribution >= 4 is 28.9 Å². The Morgan fingerprint density at radius 1 is 1.38 bits per heavy atom. The summed E-state index contributed by atoms with van der Waals surface area (Å²) in [7, 11) is 0. The molecule has 2 N–H and O–H groups in total. The number of para-hydroxylation sites is 1. The SMILES string of the molecule is Cc1cccc(Cl)c1Nc1cnc(C(C)C)nc1C(=O)O. The second-order valence-electron chi connectivity index (χ2n) is 5.01. The Bertz CT molecular complexity index is 666. The van der Waals surface area contributed by atoms with E-state index in [0.29, 0.717) is 22.2 Å². The Morgan fingerprint density at radius 2 is 2.10 bits per heavy atom. The summed E-state index contributed by atoms with van der Waals surface area (Å²) in [6.07, 6.45) is 1.48. The summed E-state index contributed by atoms with van der Waals surface area (Å²) in [6.45, 7) is 5.70. The Hall–Kier alpha value is -2.14. The van der Waals surface area contributed by atoms with Crippen molar-refractivity contribution < 1.29 is 9.90 Å². The van der Waals surface area contributed by atoms with Gasteiger partial charge in [0.15, 0.2) is 5.69 Å². The number of aryl methyl sites for hydroxylation is 1. The van der Waals surface area contributed by atoms with E-state index in [4.69, 9.17) is 11.6 Å². The predicted octanol–water partition coefficient (Wildman–Crippen LogP) is 4.00. The van der Waals surface area contributed by atoms with Gasteiger partial charge in [-0.1, -0.05) is 37.6 Å². The molecule has 0 unspecified atom stereocenters. The summed E-state index contributed by atoms with van der Waals surface area (Å²) in [5, 5.41) is 12.9. The molecule has 110 valence electrons. The fourth-order valence-corrected chi connectivity index (χ4v) is 2.12. The van der Waals surface area contributed by atoms with E-state index in [1.165, 1.54) is 6.20 Å². The molecule has 0 saturated carbocycles. The molecule has 1 aromatic heterocycles. The van der Waals surface area contributed by atoms with Crippen molar-refractivity contribution in [3.05, 3.63) is 46.5 Å². The lowest BCUT2D eigenvalue weighted by Gasteiger charge is -2.14. The van der Waals surface area contributed by atoms with Gasteiger partial charge in [0.1, 0.15) is 5.82 Å². The molecule has 1 heterocycles. The van der Waals surface area contributed by atoms with Gasteiger partial charge in [-0.25, -0.2) is 14.8 Å². The fourth-order valence-electron chi connectivity index (χ4n) is 1.85. The maximum atomic E-state index is 11.4. The van der Waals surface area contributed by atoms with E-state index < -0.39 is 5.97 Å². The highest BCUT2D eigenvalue weighted by Gasteiger charge is 2.17. The van der Waals surface area contributed by atoms with E-state index in [-0.39, 0.29) is 11.6 Å². The molecular weight excluding hydrogens is 290 g/mol. The first-order chi connectivity index (χ1) is 9.90. The van der Waals surface area contributed by atoms with Crippen molar-refractivity contribution in [1.82, 2.24) is 9.97 Å². The predicted molar refractivity (Wildman–Crippen MR) is 82.6 cm³/mol. The van der Waals surface area contributed by atoms with Gasteiger partial charge in [-0.2, -0.15) is 0 Å². The number of carboxylic acids is 1. The molecule has 2 rings (SSSR count). The van der Waals surface area contributed by atoms with Gasteiger partial charge in [0.25, 0.3) is 0 Å².